The lowest BCUT2D eigenvalue weighted by molar-refractivity contribution is 0.359. The number of aromatic nitrogens is 2. The Bertz CT molecular complexity index is 1070. The van der Waals surface area contributed by atoms with Crippen molar-refractivity contribution in [2.45, 2.75) is 33.7 Å². The van der Waals surface area contributed by atoms with Gasteiger partial charge in [-0.05, 0) is 30.5 Å². The monoisotopic (exact) mass is 398 g/mol. The third kappa shape index (κ3) is 3.12. The van der Waals surface area contributed by atoms with Crippen molar-refractivity contribution in [3.8, 4) is 6.07 Å². The van der Waals surface area contributed by atoms with Gasteiger partial charge in [0.05, 0.1) is 16.5 Å². The van der Waals surface area contributed by atoms with Crippen LogP contribution < -0.4 is 10.9 Å². The molecule has 0 aliphatic heterocycles. The summed E-state index contributed by atoms with van der Waals surface area (Å²) in [6, 6.07) is 8.01. The van der Waals surface area contributed by atoms with Crippen LogP contribution in [0.4, 0.5) is 5.82 Å². The van der Waals surface area contributed by atoms with E-state index in [2.05, 4.69) is 65.0 Å². The second kappa shape index (κ2) is 6.16. The lowest BCUT2D eigenvalue weighted by Gasteiger charge is -2.29. The summed E-state index contributed by atoms with van der Waals surface area (Å²) in [5.41, 5.74) is 0.549. The van der Waals surface area contributed by atoms with Crippen molar-refractivity contribution < 1.29 is 0 Å². The van der Waals surface area contributed by atoms with E-state index in [-0.39, 0.29) is 17.0 Å². The molecular formula is C19H19BrN4O. The number of benzene rings is 1. The molecular weight excluding hydrogens is 380 g/mol. The topological polar surface area (TPSA) is 81.6 Å². The molecule has 0 bridgehead atoms. The number of nitrogens with one attached hydrogen (secondary N) is 2. The molecule has 0 aliphatic carbocycles. The molecule has 0 saturated heterocycles. The van der Waals surface area contributed by atoms with Crippen molar-refractivity contribution in [1.29, 1.82) is 5.26 Å². The minimum Gasteiger partial charge on any atom is -0.367 e. The van der Waals surface area contributed by atoms with Gasteiger partial charge in [-0.2, -0.15) is 5.26 Å². The first-order valence-electron chi connectivity index (χ1n) is 8.03. The predicted octanol–water partition coefficient (Wildman–Crippen LogP) is 4.56. The Labute approximate surface area is 154 Å². The van der Waals surface area contributed by atoms with Gasteiger partial charge in [-0.25, -0.2) is 4.98 Å². The van der Waals surface area contributed by atoms with Crippen LogP contribution in [0.3, 0.4) is 0 Å². The lowest BCUT2D eigenvalue weighted by atomic mass is 9.88. The van der Waals surface area contributed by atoms with E-state index in [0.717, 1.165) is 15.2 Å². The summed E-state index contributed by atoms with van der Waals surface area (Å²) < 4.78 is 0.865. The van der Waals surface area contributed by atoms with E-state index in [9.17, 15) is 10.1 Å². The first-order chi connectivity index (χ1) is 11.7. The van der Waals surface area contributed by atoms with Gasteiger partial charge in [-0.3, -0.25) is 4.79 Å². The quantitative estimate of drug-likeness (QED) is 0.619. The predicted molar refractivity (Wildman–Crippen MR) is 105 cm³/mol. The first kappa shape index (κ1) is 17.4. The Morgan fingerprint density at radius 1 is 1.32 bits per heavy atom. The van der Waals surface area contributed by atoms with Crippen molar-refractivity contribution in [3.05, 3.63) is 44.8 Å². The molecule has 1 aromatic carbocycles. The number of aromatic amines is 1. The van der Waals surface area contributed by atoms with Crippen LogP contribution >= 0.6 is 15.9 Å². The summed E-state index contributed by atoms with van der Waals surface area (Å²) in [7, 11) is 0. The smallest absolute Gasteiger partial charge is 0.258 e. The molecule has 25 heavy (non-hydrogen) atoms. The van der Waals surface area contributed by atoms with E-state index in [1.54, 1.807) is 0 Å². The van der Waals surface area contributed by atoms with Crippen LogP contribution in [0.15, 0.2) is 33.7 Å². The minimum atomic E-state index is -0.250. The molecule has 6 heteroatoms. The molecule has 2 N–H and O–H groups in total. The fourth-order valence-electron chi connectivity index (χ4n) is 2.61. The average molecular weight is 399 g/mol. The molecule has 3 aromatic rings. The van der Waals surface area contributed by atoms with Crippen molar-refractivity contribution in [2.75, 3.05) is 5.32 Å². The van der Waals surface area contributed by atoms with E-state index in [1.807, 2.05) is 18.2 Å². The molecule has 3 rings (SSSR count). The Morgan fingerprint density at radius 3 is 2.68 bits per heavy atom. The van der Waals surface area contributed by atoms with Gasteiger partial charge in [0.1, 0.15) is 11.9 Å². The van der Waals surface area contributed by atoms with E-state index >= 15 is 0 Å². The second-order valence-corrected chi connectivity index (χ2v) is 8.16. The summed E-state index contributed by atoms with van der Waals surface area (Å²) in [5.74, 6) is 0.680. The Balaban J connectivity index is 2.41. The number of anilines is 1. The maximum absolute atomic E-state index is 12.4. The fourth-order valence-corrected chi connectivity index (χ4v) is 2.97. The Hall–Kier alpha value is -2.39. The number of nitrogens with zero attached hydrogens (tertiary/aromatic N) is 2. The second-order valence-electron chi connectivity index (χ2n) is 7.25. The lowest BCUT2D eigenvalue weighted by Crippen LogP contribution is -2.31. The SMILES string of the molecule is CC(Nc1nc2c(C#N)c[nH]c(=O)c2c2cc(Br)ccc12)C(C)(C)C. The van der Waals surface area contributed by atoms with E-state index in [4.69, 9.17) is 0 Å². The van der Waals surface area contributed by atoms with E-state index in [1.165, 1.54) is 6.20 Å². The molecule has 2 aromatic heterocycles. The van der Waals surface area contributed by atoms with E-state index in [0.29, 0.717) is 22.3 Å². The average Bonchev–Trinajstić information content (AvgIpc) is 2.53. The summed E-state index contributed by atoms with van der Waals surface area (Å²) >= 11 is 3.47. The van der Waals surface area contributed by atoms with Crippen molar-refractivity contribution in [1.82, 2.24) is 9.97 Å². The fraction of sp³-hybridized carbons (Fsp3) is 0.316. The molecule has 0 aliphatic rings. The highest BCUT2D eigenvalue weighted by Gasteiger charge is 2.22. The van der Waals surface area contributed by atoms with Crippen LogP contribution in [0.2, 0.25) is 0 Å². The van der Waals surface area contributed by atoms with E-state index < -0.39 is 0 Å². The molecule has 5 nitrogen and oxygen atoms in total. The zero-order chi connectivity index (χ0) is 18.4. The highest BCUT2D eigenvalue weighted by atomic mass is 79.9. The third-order valence-electron chi connectivity index (χ3n) is 4.57. The van der Waals surface area contributed by atoms with Gasteiger partial charge in [-0.15, -0.1) is 0 Å². The first-order valence-corrected chi connectivity index (χ1v) is 8.83. The third-order valence-corrected chi connectivity index (χ3v) is 5.06. The Morgan fingerprint density at radius 2 is 2.04 bits per heavy atom. The summed E-state index contributed by atoms with van der Waals surface area (Å²) in [4.78, 5) is 19.7. The maximum Gasteiger partial charge on any atom is 0.258 e. The highest BCUT2D eigenvalue weighted by Crippen LogP contribution is 2.32. The number of fused-ring (bicyclic) bond motifs is 3. The molecule has 0 spiro atoms. The maximum atomic E-state index is 12.4. The van der Waals surface area contributed by atoms with Gasteiger partial charge in [0.2, 0.25) is 0 Å². The summed E-state index contributed by atoms with van der Waals surface area (Å²) in [5, 5.41) is 14.9. The number of H-pyrrole nitrogens is 1. The van der Waals surface area contributed by atoms with Gasteiger partial charge in [0.25, 0.3) is 5.56 Å². The zero-order valence-corrected chi connectivity index (χ0v) is 16.2. The van der Waals surface area contributed by atoms with Gasteiger partial charge in [-0.1, -0.05) is 36.7 Å². The summed E-state index contributed by atoms with van der Waals surface area (Å²) in [6.07, 6.45) is 1.42. The standard InChI is InChI=1S/C19H19BrN4O/c1-10(19(2,3)4)23-17-13-6-5-12(20)7-14(13)15-16(24-17)11(8-21)9-22-18(15)25/h5-7,9-10H,1-4H3,(H,22,25)(H,23,24). The van der Waals surface area contributed by atoms with Crippen LogP contribution in [0.25, 0.3) is 21.7 Å². The number of nitriles is 1. The molecule has 1 unspecified atom stereocenters. The molecule has 0 fully saturated rings. The number of rotatable bonds is 2. The van der Waals surface area contributed by atoms with Gasteiger partial charge in [0.15, 0.2) is 0 Å². The minimum absolute atomic E-state index is 0.0323. The van der Waals surface area contributed by atoms with Crippen LogP contribution in [-0.2, 0) is 0 Å². The molecule has 128 valence electrons. The van der Waals surface area contributed by atoms with Crippen LogP contribution in [0.1, 0.15) is 33.3 Å². The largest absolute Gasteiger partial charge is 0.367 e. The van der Waals surface area contributed by atoms with Crippen molar-refractivity contribution in [2.24, 2.45) is 5.41 Å². The number of pyridine rings is 2. The molecule has 0 radical (unpaired) electrons. The van der Waals surface area contributed by atoms with Crippen LogP contribution in [0, 0.1) is 16.7 Å². The zero-order valence-electron chi connectivity index (χ0n) is 14.6. The number of halogens is 1. The number of hydrogen-bond donors (Lipinski definition) is 2. The normalized spacial score (nSPS) is 13.0. The van der Waals surface area contributed by atoms with Gasteiger partial charge >= 0.3 is 0 Å². The number of hydrogen-bond acceptors (Lipinski definition) is 4. The van der Waals surface area contributed by atoms with Crippen molar-refractivity contribution >= 4 is 43.4 Å². The molecule has 1 atom stereocenters. The Kier molecular flexibility index (Phi) is 4.29. The van der Waals surface area contributed by atoms with Crippen LogP contribution in [0.5, 0.6) is 0 Å². The summed E-state index contributed by atoms with van der Waals surface area (Å²) in [6.45, 7) is 8.54. The van der Waals surface area contributed by atoms with Crippen molar-refractivity contribution in [3.63, 3.8) is 0 Å². The highest BCUT2D eigenvalue weighted by molar-refractivity contribution is 9.10. The van der Waals surface area contributed by atoms with Crippen LogP contribution in [-0.4, -0.2) is 16.0 Å². The van der Waals surface area contributed by atoms with Gasteiger partial charge in [0, 0.05) is 27.5 Å². The molecule has 2 heterocycles. The van der Waals surface area contributed by atoms with Gasteiger partial charge < -0.3 is 10.3 Å². The molecule has 0 saturated carbocycles. The molecule has 0 amide bonds.